The molecule has 0 unspecified atom stereocenters. The Balaban J connectivity index is 1.34. The van der Waals surface area contributed by atoms with E-state index in [1.54, 1.807) is 4.90 Å². The second-order valence-electron chi connectivity index (χ2n) is 10.7. The lowest BCUT2D eigenvalue weighted by atomic mass is 9.98. The smallest absolute Gasteiger partial charge is 0.410 e. The molecule has 1 aliphatic carbocycles. The molecule has 1 aromatic carbocycles. The predicted molar refractivity (Wildman–Crippen MR) is 141 cm³/mol. The van der Waals surface area contributed by atoms with Crippen molar-refractivity contribution in [3.05, 3.63) is 64.5 Å². The molecule has 3 heterocycles. The van der Waals surface area contributed by atoms with E-state index in [1.165, 1.54) is 11.1 Å². The summed E-state index contributed by atoms with van der Waals surface area (Å²) in [5.41, 5.74) is 6.68. The lowest BCUT2D eigenvalue weighted by molar-refractivity contribution is 0.0253. The van der Waals surface area contributed by atoms with Crippen molar-refractivity contribution in [1.82, 2.24) is 9.88 Å². The van der Waals surface area contributed by atoms with Gasteiger partial charge < -0.3 is 19.1 Å². The van der Waals surface area contributed by atoms with Crippen LogP contribution in [-0.4, -0.2) is 54.0 Å². The summed E-state index contributed by atoms with van der Waals surface area (Å²) in [5, 5.41) is 9.82. The van der Waals surface area contributed by atoms with E-state index in [0.29, 0.717) is 37.6 Å². The Labute approximate surface area is 218 Å². The van der Waals surface area contributed by atoms with Gasteiger partial charge in [-0.1, -0.05) is 12.1 Å². The van der Waals surface area contributed by atoms with E-state index in [9.17, 15) is 10.1 Å². The summed E-state index contributed by atoms with van der Waals surface area (Å²) in [7, 11) is 0. The van der Waals surface area contributed by atoms with Gasteiger partial charge in [0.2, 0.25) is 0 Å². The quantitative estimate of drug-likeness (QED) is 0.538. The van der Waals surface area contributed by atoms with Crippen LogP contribution in [-0.2, 0) is 15.9 Å². The Bertz CT molecular complexity index is 1290. The summed E-state index contributed by atoms with van der Waals surface area (Å²) < 4.78 is 17.1. The Hall–Kier alpha value is -3.63. The number of carbonyl (C=O) groups excluding carboxylic acids is 1. The van der Waals surface area contributed by atoms with Gasteiger partial charge in [-0.2, -0.15) is 5.26 Å². The van der Waals surface area contributed by atoms with Crippen molar-refractivity contribution in [2.75, 3.05) is 26.3 Å². The fraction of sp³-hybridized carbons (Fsp3) is 0.433. The molecule has 0 N–H and O–H groups in total. The van der Waals surface area contributed by atoms with E-state index in [0.717, 1.165) is 48.1 Å². The minimum absolute atomic E-state index is 0.0809. The predicted octanol–water partition coefficient (Wildman–Crippen LogP) is 5.68. The average Bonchev–Trinajstić information content (AvgIpc) is 3.33. The van der Waals surface area contributed by atoms with Crippen molar-refractivity contribution in [2.24, 2.45) is 0 Å². The Morgan fingerprint density at radius 3 is 2.70 bits per heavy atom. The zero-order chi connectivity index (χ0) is 26.0. The van der Waals surface area contributed by atoms with Gasteiger partial charge in [-0.05, 0) is 73.7 Å². The van der Waals surface area contributed by atoms with Crippen LogP contribution >= 0.6 is 0 Å². The third-order valence-electron chi connectivity index (χ3n) is 6.90. The molecule has 7 nitrogen and oxygen atoms in total. The van der Waals surface area contributed by atoms with E-state index in [2.05, 4.69) is 23.2 Å². The maximum Gasteiger partial charge on any atom is 0.410 e. The standard InChI is InChI=1S/C30H33N3O4/c1-30(2,3)37-29(34)33-12-7-20(8-13-33)22-17-26-25(6-11-32-27(26)18-22)21-4-5-28(23(16-21)19-31)36-24-9-14-35-15-10-24/h4-7,11,16-17,24H,8-10,12-15,18H2,1-3H3. The minimum atomic E-state index is -0.501. The molecule has 37 heavy (non-hydrogen) atoms. The number of nitriles is 1. The molecule has 5 rings (SSSR count). The second-order valence-corrected chi connectivity index (χ2v) is 10.7. The van der Waals surface area contributed by atoms with Crippen LogP contribution < -0.4 is 4.74 Å². The minimum Gasteiger partial charge on any atom is -0.489 e. The number of ether oxygens (including phenoxy) is 3. The van der Waals surface area contributed by atoms with Crippen LogP contribution in [0.4, 0.5) is 4.79 Å². The highest BCUT2D eigenvalue weighted by atomic mass is 16.6. The van der Waals surface area contributed by atoms with E-state index in [4.69, 9.17) is 14.2 Å². The number of nitrogens with zero attached hydrogens (tertiary/aromatic N) is 3. The molecule has 1 fully saturated rings. The van der Waals surface area contributed by atoms with Crippen molar-refractivity contribution in [1.29, 1.82) is 5.26 Å². The van der Waals surface area contributed by atoms with Crippen LogP contribution in [0.3, 0.4) is 0 Å². The van der Waals surface area contributed by atoms with E-state index >= 15 is 0 Å². The van der Waals surface area contributed by atoms with Crippen molar-refractivity contribution in [3.63, 3.8) is 0 Å². The lowest BCUT2D eigenvalue weighted by Crippen LogP contribution is -2.39. The maximum absolute atomic E-state index is 12.4. The highest BCUT2D eigenvalue weighted by Crippen LogP contribution is 2.38. The van der Waals surface area contributed by atoms with Gasteiger partial charge in [0.1, 0.15) is 23.5 Å². The highest BCUT2D eigenvalue weighted by Gasteiger charge is 2.27. The van der Waals surface area contributed by atoms with Gasteiger partial charge in [0, 0.05) is 44.1 Å². The molecule has 1 amide bonds. The van der Waals surface area contributed by atoms with Crippen molar-refractivity contribution in [3.8, 4) is 22.9 Å². The number of hydrogen-bond donors (Lipinski definition) is 0. The van der Waals surface area contributed by atoms with Gasteiger partial charge in [-0.3, -0.25) is 4.98 Å². The van der Waals surface area contributed by atoms with Crippen LogP contribution in [0.15, 0.2) is 47.7 Å². The normalized spacial score (nSPS) is 17.9. The number of rotatable bonds is 4. The first-order chi connectivity index (χ1) is 17.8. The first-order valence-electron chi connectivity index (χ1n) is 13.0. The Morgan fingerprint density at radius 1 is 1.19 bits per heavy atom. The number of allylic oxidation sites excluding steroid dienone is 1. The van der Waals surface area contributed by atoms with Crippen molar-refractivity contribution in [2.45, 2.75) is 58.2 Å². The van der Waals surface area contributed by atoms with Gasteiger partial charge in [0.05, 0.1) is 24.5 Å². The fourth-order valence-electron chi connectivity index (χ4n) is 5.00. The van der Waals surface area contributed by atoms with Crippen molar-refractivity contribution < 1.29 is 19.0 Å². The van der Waals surface area contributed by atoms with E-state index in [-0.39, 0.29) is 12.2 Å². The first kappa shape index (κ1) is 25.0. The third-order valence-corrected chi connectivity index (χ3v) is 6.90. The molecule has 192 valence electrons. The van der Waals surface area contributed by atoms with Crippen molar-refractivity contribution >= 4 is 12.2 Å². The molecule has 0 radical (unpaired) electrons. The van der Waals surface area contributed by atoms with Gasteiger partial charge >= 0.3 is 6.09 Å². The Morgan fingerprint density at radius 2 is 2.00 bits per heavy atom. The summed E-state index contributed by atoms with van der Waals surface area (Å²) in [4.78, 5) is 18.8. The van der Waals surface area contributed by atoms with Crippen LogP contribution in [0.5, 0.6) is 5.75 Å². The zero-order valence-corrected chi connectivity index (χ0v) is 21.8. The molecule has 0 bridgehead atoms. The molecule has 2 aromatic rings. The summed E-state index contributed by atoms with van der Waals surface area (Å²) in [6, 6.07) is 10.2. The van der Waals surface area contributed by atoms with Crippen LogP contribution in [0.1, 0.15) is 56.9 Å². The summed E-state index contributed by atoms with van der Waals surface area (Å²) >= 11 is 0. The highest BCUT2D eigenvalue weighted by molar-refractivity contribution is 5.82. The number of hydrogen-bond acceptors (Lipinski definition) is 6. The topological polar surface area (TPSA) is 84.7 Å². The first-order valence-corrected chi connectivity index (χ1v) is 13.0. The number of pyridine rings is 1. The molecule has 2 aliphatic heterocycles. The zero-order valence-electron chi connectivity index (χ0n) is 21.8. The van der Waals surface area contributed by atoms with Gasteiger partial charge in [0.25, 0.3) is 0 Å². The lowest BCUT2D eigenvalue weighted by Gasteiger charge is -2.29. The molecule has 1 saturated heterocycles. The molecule has 0 spiro atoms. The fourth-order valence-corrected chi connectivity index (χ4v) is 5.00. The molecule has 7 heteroatoms. The SMILES string of the molecule is CC(C)(C)OC(=O)N1CC=C(C2=Cc3c(-c4ccc(OC5CCOCC5)c(C#N)c4)ccnc3C2)CC1. The van der Waals surface area contributed by atoms with E-state index < -0.39 is 5.60 Å². The second kappa shape index (κ2) is 10.4. The van der Waals surface area contributed by atoms with Crippen LogP contribution in [0, 0.1) is 11.3 Å². The molecule has 3 aliphatic rings. The summed E-state index contributed by atoms with van der Waals surface area (Å²) in [6.07, 6.45) is 9.20. The van der Waals surface area contributed by atoms with Crippen LogP contribution in [0.2, 0.25) is 0 Å². The van der Waals surface area contributed by atoms with Gasteiger partial charge in [-0.25, -0.2) is 4.79 Å². The van der Waals surface area contributed by atoms with Gasteiger partial charge in [0.15, 0.2) is 0 Å². The summed E-state index contributed by atoms with van der Waals surface area (Å²) in [6.45, 7) is 8.21. The van der Waals surface area contributed by atoms with Crippen LogP contribution in [0.25, 0.3) is 17.2 Å². The molecule has 0 atom stereocenters. The Kier molecular flexibility index (Phi) is 7.03. The number of fused-ring (bicyclic) bond motifs is 1. The maximum atomic E-state index is 12.4. The van der Waals surface area contributed by atoms with E-state index in [1.807, 2.05) is 51.2 Å². The number of benzene rings is 1. The summed E-state index contributed by atoms with van der Waals surface area (Å²) in [5.74, 6) is 0.627. The molecular formula is C30H33N3O4. The molecular weight excluding hydrogens is 466 g/mol. The monoisotopic (exact) mass is 499 g/mol. The largest absolute Gasteiger partial charge is 0.489 e. The molecule has 1 aromatic heterocycles. The van der Waals surface area contributed by atoms with Gasteiger partial charge in [-0.15, -0.1) is 0 Å². The molecule has 0 saturated carbocycles. The number of carbonyl (C=O) groups is 1. The number of amides is 1. The average molecular weight is 500 g/mol. The number of aromatic nitrogens is 1. The third kappa shape index (κ3) is 5.70.